The van der Waals surface area contributed by atoms with Crippen molar-refractivity contribution in [3.8, 4) is 11.6 Å². The number of azo groups is 1. The van der Waals surface area contributed by atoms with Crippen molar-refractivity contribution in [3.05, 3.63) is 50.9 Å². The molecule has 2 N–H and O–H groups in total. The van der Waals surface area contributed by atoms with Crippen molar-refractivity contribution in [2.75, 3.05) is 6.61 Å². The van der Waals surface area contributed by atoms with Crippen molar-refractivity contribution in [1.82, 2.24) is 4.98 Å². The Morgan fingerprint density at radius 3 is 2.85 bits per heavy atom. The van der Waals surface area contributed by atoms with Crippen LogP contribution in [-0.4, -0.2) is 22.6 Å². The van der Waals surface area contributed by atoms with Crippen LogP contribution in [0.1, 0.15) is 12.0 Å². The molecule has 0 aliphatic rings. The van der Waals surface area contributed by atoms with Crippen LogP contribution in [0.2, 0.25) is 0 Å². The lowest BCUT2D eigenvalue weighted by Crippen LogP contribution is -2.03. The normalized spacial score (nSPS) is 11.3. The number of H-pyrrole nitrogens is 1. The lowest BCUT2D eigenvalue weighted by Gasteiger charge is -2.04. The SMILES string of the molecule is Cc1cc(Br)c2[nH]c(O)c(N=NC(=O)CCOc3cccc(Br)c3)c2c1. The van der Waals surface area contributed by atoms with E-state index in [1.807, 2.05) is 37.3 Å². The molecule has 26 heavy (non-hydrogen) atoms. The predicted octanol–water partition coefficient (Wildman–Crippen LogP) is 5.79. The van der Waals surface area contributed by atoms with Crippen molar-refractivity contribution in [2.24, 2.45) is 10.2 Å². The summed E-state index contributed by atoms with van der Waals surface area (Å²) in [5.41, 5.74) is 1.94. The molecule has 1 aromatic heterocycles. The zero-order chi connectivity index (χ0) is 18.7. The lowest BCUT2D eigenvalue weighted by atomic mass is 10.1. The second-order valence-electron chi connectivity index (χ2n) is 5.64. The van der Waals surface area contributed by atoms with Crippen LogP contribution in [0.25, 0.3) is 10.9 Å². The summed E-state index contributed by atoms with van der Waals surface area (Å²) in [5, 5.41) is 18.3. The van der Waals surface area contributed by atoms with Gasteiger partial charge in [0.2, 0.25) is 5.88 Å². The molecule has 0 spiro atoms. The molecular formula is C18H15Br2N3O3. The third-order valence-electron chi connectivity index (χ3n) is 3.60. The highest BCUT2D eigenvalue weighted by atomic mass is 79.9. The number of ether oxygens (including phenoxy) is 1. The largest absolute Gasteiger partial charge is 0.493 e. The van der Waals surface area contributed by atoms with Crippen LogP contribution in [0.3, 0.4) is 0 Å². The van der Waals surface area contributed by atoms with E-state index >= 15 is 0 Å². The first kappa shape index (κ1) is 18.6. The molecule has 134 valence electrons. The second-order valence-corrected chi connectivity index (χ2v) is 7.41. The number of amides is 1. The molecular weight excluding hydrogens is 466 g/mol. The third kappa shape index (κ3) is 4.31. The summed E-state index contributed by atoms with van der Waals surface area (Å²) in [6.45, 7) is 2.12. The number of carbonyl (C=O) groups is 1. The molecule has 6 nitrogen and oxygen atoms in total. The number of hydrogen-bond donors (Lipinski definition) is 2. The van der Waals surface area contributed by atoms with Gasteiger partial charge in [0.1, 0.15) is 5.75 Å². The van der Waals surface area contributed by atoms with Gasteiger partial charge in [-0.05, 0) is 58.7 Å². The van der Waals surface area contributed by atoms with E-state index in [0.29, 0.717) is 16.7 Å². The number of nitrogens with zero attached hydrogens (tertiary/aromatic N) is 2. The number of halogens is 2. The van der Waals surface area contributed by atoms with Gasteiger partial charge in [0.25, 0.3) is 5.91 Å². The van der Waals surface area contributed by atoms with E-state index in [1.165, 1.54) is 0 Å². The number of fused-ring (bicyclic) bond motifs is 1. The quantitative estimate of drug-likeness (QED) is 0.453. The average molecular weight is 481 g/mol. The molecule has 3 aromatic rings. The molecule has 0 unspecified atom stereocenters. The van der Waals surface area contributed by atoms with Crippen molar-refractivity contribution in [1.29, 1.82) is 0 Å². The molecule has 3 rings (SSSR count). The van der Waals surface area contributed by atoms with E-state index in [9.17, 15) is 9.90 Å². The Morgan fingerprint density at radius 1 is 1.27 bits per heavy atom. The van der Waals surface area contributed by atoms with E-state index in [1.54, 1.807) is 6.07 Å². The Kier molecular flexibility index (Phi) is 5.73. The summed E-state index contributed by atoms with van der Waals surface area (Å²) in [4.78, 5) is 14.8. The van der Waals surface area contributed by atoms with Gasteiger partial charge in [-0.2, -0.15) is 0 Å². The number of hydrogen-bond acceptors (Lipinski definition) is 4. The van der Waals surface area contributed by atoms with E-state index in [-0.39, 0.29) is 24.6 Å². The molecule has 0 radical (unpaired) electrons. The van der Waals surface area contributed by atoms with E-state index in [2.05, 4.69) is 47.1 Å². The summed E-state index contributed by atoms with van der Waals surface area (Å²) >= 11 is 6.79. The number of benzene rings is 2. The van der Waals surface area contributed by atoms with Crippen LogP contribution in [0.4, 0.5) is 5.69 Å². The Bertz CT molecular complexity index is 999. The van der Waals surface area contributed by atoms with Gasteiger partial charge in [-0.15, -0.1) is 10.2 Å². The minimum atomic E-state index is -0.430. The van der Waals surface area contributed by atoms with Crippen LogP contribution in [0.5, 0.6) is 11.6 Å². The van der Waals surface area contributed by atoms with Gasteiger partial charge < -0.3 is 14.8 Å². The zero-order valence-corrected chi connectivity index (χ0v) is 17.0. The molecule has 0 saturated heterocycles. The van der Waals surface area contributed by atoms with Gasteiger partial charge >= 0.3 is 0 Å². The maximum absolute atomic E-state index is 11.9. The molecule has 0 aliphatic carbocycles. The van der Waals surface area contributed by atoms with Gasteiger partial charge in [-0.3, -0.25) is 4.79 Å². The highest BCUT2D eigenvalue weighted by Gasteiger charge is 2.14. The molecule has 0 atom stereocenters. The maximum Gasteiger partial charge on any atom is 0.268 e. The van der Waals surface area contributed by atoms with Gasteiger partial charge in [-0.25, -0.2) is 0 Å². The summed E-state index contributed by atoms with van der Waals surface area (Å²) in [7, 11) is 0. The predicted molar refractivity (Wildman–Crippen MR) is 106 cm³/mol. The summed E-state index contributed by atoms with van der Waals surface area (Å²) in [6, 6.07) is 11.1. The van der Waals surface area contributed by atoms with Crippen molar-refractivity contribution in [3.63, 3.8) is 0 Å². The average Bonchev–Trinajstić information content (AvgIpc) is 2.89. The second kappa shape index (κ2) is 8.01. The Morgan fingerprint density at radius 2 is 2.08 bits per heavy atom. The monoisotopic (exact) mass is 479 g/mol. The number of aryl methyl sites for hydroxylation is 1. The minimum absolute atomic E-state index is 0.0852. The van der Waals surface area contributed by atoms with E-state index in [0.717, 1.165) is 14.5 Å². The van der Waals surface area contributed by atoms with E-state index < -0.39 is 5.91 Å². The number of aromatic amines is 1. The molecule has 0 bridgehead atoms. The third-order valence-corrected chi connectivity index (χ3v) is 4.72. The van der Waals surface area contributed by atoms with Gasteiger partial charge in [0.05, 0.1) is 18.5 Å². The molecule has 0 saturated carbocycles. The fourth-order valence-corrected chi connectivity index (χ4v) is 3.48. The van der Waals surface area contributed by atoms with Gasteiger partial charge in [-0.1, -0.05) is 22.0 Å². The maximum atomic E-state index is 11.9. The highest BCUT2D eigenvalue weighted by Crippen LogP contribution is 2.39. The minimum Gasteiger partial charge on any atom is -0.493 e. The van der Waals surface area contributed by atoms with Crippen LogP contribution >= 0.6 is 31.9 Å². The standard InChI is InChI=1S/C18H15Br2N3O3/c1-10-7-13-16(14(20)8-10)21-18(25)17(13)23-22-15(24)5-6-26-12-4-2-3-11(19)9-12/h2-4,7-9,21,25H,5-6H2,1H3. The fourth-order valence-electron chi connectivity index (χ4n) is 2.43. The number of carbonyl (C=O) groups excluding carboxylic acids is 1. The first-order valence-electron chi connectivity index (χ1n) is 7.78. The smallest absolute Gasteiger partial charge is 0.268 e. The van der Waals surface area contributed by atoms with Crippen LogP contribution in [-0.2, 0) is 4.79 Å². The molecule has 0 aliphatic heterocycles. The van der Waals surface area contributed by atoms with Crippen molar-refractivity contribution < 1.29 is 14.6 Å². The number of nitrogens with one attached hydrogen (secondary N) is 1. The molecule has 1 amide bonds. The fraction of sp³-hybridized carbons (Fsp3) is 0.167. The zero-order valence-electron chi connectivity index (χ0n) is 13.8. The summed E-state index contributed by atoms with van der Waals surface area (Å²) in [5.74, 6) is 0.104. The Labute approximate surface area is 166 Å². The summed E-state index contributed by atoms with van der Waals surface area (Å²) in [6.07, 6.45) is 0.0852. The Balaban J connectivity index is 1.67. The molecule has 1 heterocycles. The molecule has 8 heteroatoms. The number of rotatable bonds is 5. The number of aromatic hydroxyl groups is 1. The van der Waals surface area contributed by atoms with Crippen LogP contribution < -0.4 is 4.74 Å². The van der Waals surface area contributed by atoms with Crippen LogP contribution in [0, 0.1) is 6.92 Å². The van der Waals surface area contributed by atoms with Gasteiger partial charge in [0.15, 0.2) is 5.69 Å². The van der Waals surface area contributed by atoms with E-state index in [4.69, 9.17) is 4.74 Å². The lowest BCUT2D eigenvalue weighted by molar-refractivity contribution is -0.118. The topological polar surface area (TPSA) is 87.0 Å². The first-order chi connectivity index (χ1) is 12.4. The molecule has 0 fully saturated rings. The first-order valence-corrected chi connectivity index (χ1v) is 9.36. The van der Waals surface area contributed by atoms with Crippen molar-refractivity contribution >= 4 is 54.4 Å². The Hall–Kier alpha value is -2.19. The molecule has 2 aromatic carbocycles. The number of aromatic nitrogens is 1. The summed E-state index contributed by atoms with van der Waals surface area (Å²) < 4.78 is 7.21. The van der Waals surface area contributed by atoms with Crippen LogP contribution in [0.15, 0.2) is 55.6 Å². The highest BCUT2D eigenvalue weighted by molar-refractivity contribution is 9.11. The van der Waals surface area contributed by atoms with Crippen molar-refractivity contribution in [2.45, 2.75) is 13.3 Å². The van der Waals surface area contributed by atoms with Gasteiger partial charge in [0, 0.05) is 14.3 Å².